The van der Waals surface area contributed by atoms with Crippen LogP contribution in [0.1, 0.15) is 24.0 Å². The van der Waals surface area contributed by atoms with E-state index in [2.05, 4.69) is 5.32 Å². The Labute approximate surface area is 153 Å². The third kappa shape index (κ3) is 5.06. The van der Waals surface area contributed by atoms with Crippen LogP contribution < -0.4 is 15.7 Å². The Hall–Kier alpha value is -3.36. The van der Waals surface area contributed by atoms with Gasteiger partial charge in [0.1, 0.15) is 17.4 Å². The monoisotopic (exact) mass is 377 g/mol. The molecule has 1 atom stereocenters. The number of nitrogens with one attached hydrogen (secondary N) is 1. The van der Waals surface area contributed by atoms with Gasteiger partial charge in [-0.1, -0.05) is 0 Å². The molecule has 0 radical (unpaired) electrons. The molecule has 27 heavy (non-hydrogen) atoms. The number of amides is 1. The molecule has 1 amide bonds. The minimum Gasteiger partial charge on any atom is -0.484 e. The quantitative estimate of drug-likeness (QED) is 0.583. The molecular weight excluding hydrogens is 358 g/mol. The smallest absolute Gasteiger partial charge is 0.339 e. The van der Waals surface area contributed by atoms with Gasteiger partial charge in [0.2, 0.25) is 0 Å². The fourth-order valence-corrected chi connectivity index (χ4v) is 2.43. The number of carbonyl (C=O) groups is 3. The molecule has 0 bridgehead atoms. The van der Waals surface area contributed by atoms with E-state index in [4.69, 9.17) is 19.4 Å². The van der Waals surface area contributed by atoms with E-state index in [0.29, 0.717) is 11.1 Å². The SMILES string of the molecule is Cc1c(C)c2ccc(OCC(=O)N[C@@H](CCC(=O)O)C(=O)O)cc2oc1=O. The summed E-state index contributed by atoms with van der Waals surface area (Å²) in [4.78, 5) is 45.2. The van der Waals surface area contributed by atoms with E-state index >= 15 is 0 Å². The van der Waals surface area contributed by atoms with Crippen molar-refractivity contribution in [1.82, 2.24) is 5.32 Å². The van der Waals surface area contributed by atoms with Crippen LogP contribution in [0.3, 0.4) is 0 Å². The zero-order valence-corrected chi connectivity index (χ0v) is 14.8. The van der Waals surface area contributed by atoms with Crippen molar-refractivity contribution in [3.05, 3.63) is 39.7 Å². The van der Waals surface area contributed by atoms with E-state index in [1.165, 1.54) is 6.07 Å². The first-order valence-corrected chi connectivity index (χ1v) is 8.10. The number of carboxylic acid groups (broad SMARTS) is 2. The van der Waals surface area contributed by atoms with Crippen molar-refractivity contribution < 1.29 is 33.8 Å². The van der Waals surface area contributed by atoms with Crippen molar-refractivity contribution in [2.75, 3.05) is 6.61 Å². The van der Waals surface area contributed by atoms with Gasteiger partial charge in [-0.05, 0) is 38.0 Å². The summed E-state index contributed by atoms with van der Waals surface area (Å²) in [5, 5.41) is 20.6. The molecule has 9 nitrogen and oxygen atoms in total. The normalized spacial score (nSPS) is 11.8. The molecule has 1 aromatic heterocycles. The van der Waals surface area contributed by atoms with Gasteiger partial charge < -0.3 is 24.7 Å². The van der Waals surface area contributed by atoms with Crippen LogP contribution in [0, 0.1) is 13.8 Å². The molecule has 0 aliphatic rings. The Balaban J connectivity index is 2.04. The lowest BCUT2D eigenvalue weighted by Crippen LogP contribution is -2.43. The topological polar surface area (TPSA) is 143 Å². The zero-order valence-electron chi connectivity index (χ0n) is 14.8. The number of aryl methyl sites for hydroxylation is 1. The number of hydrogen-bond acceptors (Lipinski definition) is 6. The van der Waals surface area contributed by atoms with Crippen LogP contribution in [0.5, 0.6) is 5.75 Å². The minimum absolute atomic E-state index is 0.240. The molecule has 2 aromatic rings. The van der Waals surface area contributed by atoms with Crippen LogP contribution in [-0.4, -0.2) is 40.7 Å². The second kappa shape index (κ2) is 8.35. The fourth-order valence-electron chi connectivity index (χ4n) is 2.43. The Morgan fingerprint density at radius 2 is 1.89 bits per heavy atom. The number of carbonyl (C=O) groups excluding carboxylic acids is 1. The lowest BCUT2D eigenvalue weighted by atomic mass is 10.1. The highest BCUT2D eigenvalue weighted by Crippen LogP contribution is 2.23. The van der Waals surface area contributed by atoms with Gasteiger partial charge >= 0.3 is 17.6 Å². The maximum Gasteiger partial charge on any atom is 0.339 e. The average Bonchev–Trinajstić information content (AvgIpc) is 2.61. The molecule has 2 rings (SSSR count). The van der Waals surface area contributed by atoms with E-state index in [0.717, 1.165) is 10.9 Å². The predicted octanol–water partition coefficient (Wildman–Crippen LogP) is 1.22. The standard InChI is InChI=1S/C18H19NO8/c1-9-10(2)18(25)27-14-7-11(3-4-12(9)14)26-8-15(20)19-13(17(23)24)5-6-16(21)22/h3-4,7,13H,5-6,8H2,1-2H3,(H,19,20)(H,21,22)(H,23,24)/t13-/m0/s1. The average molecular weight is 377 g/mol. The number of ether oxygens (including phenoxy) is 1. The van der Waals surface area contributed by atoms with Crippen LogP contribution in [-0.2, 0) is 14.4 Å². The molecule has 0 spiro atoms. The van der Waals surface area contributed by atoms with Gasteiger partial charge in [0.25, 0.3) is 5.91 Å². The van der Waals surface area contributed by atoms with Crippen LogP contribution in [0.15, 0.2) is 27.4 Å². The Bertz CT molecular complexity index is 946. The van der Waals surface area contributed by atoms with Crippen LogP contribution in [0.25, 0.3) is 11.0 Å². The van der Waals surface area contributed by atoms with E-state index in [1.807, 2.05) is 0 Å². The molecule has 1 aromatic carbocycles. The van der Waals surface area contributed by atoms with Gasteiger partial charge in [-0.2, -0.15) is 0 Å². The lowest BCUT2D eigenvalue weighted by Gasteiger charge is -2.14. The number of rotatable bonds is 8. The van der Waals surface area contributed by atoms with Crippen molar-refractivity contribution in [3.63, 3.8) is 0 Å². The van der Waals surface area contributed by atoms with Crippen LogP contribution in [0.2, 0.25) is 0 Å². The summed E-state index contributed by atoms with van der Waals surface area (Å²) in [6, 6.07) is 3.44. The summed E-state index contributed by atoms with van der Waals surface area (Å²) in [7, 11) is 0. The lowest BCUT2D eigenvalue weighted by molar-refractivity contribution is -0.143. The van der Waals surface area contributed by atoms with E-state index in [-0.39, 0.29) is 18.6 Å². The molecule has 144 valence electrons. The molecule has 1 heterocycles. The summed E-state index contributed by atoms with van der Waals surface area (Å²) in [6.07, 6.45) is -0.628. The van der Waals surface area contributed by atoms with Crippen molar-refractivity contribution in [3.8, 4) is 5.75 Å². The van der Waals surface area contributed by atoms with E-state index in [1.54, 1.807) is 26.0 Å². The van der Waals surface area contributed by atoms with Gasteiger partial charge in [-0.25, -0.2) is 9.59 Å². The maximum atomic E-state index is 11.9. The number of carboxylic acids is 2. The number of hydrogen-bond donors (Lipinski definition) is 3. The minimum atomic E-state index is -1.33. The summed E-state index contributed by atoms with van der Waals surface area (Å²) in [5.41, 5.74) is 1.15. The van der Waals surface area contributed by atoms with Crippen molar-refractivity contribution in [2.45, 2.75) is 32.7 Å². The number of benzene rings is 1. The molecule has 0 unspecified atom stereocenters. The molecular formula is C18H19NO8. The van der Waals surface area contributed by atoms with Crippen molar-refractivity contribution in [1.29, 1.82) is 0 Å². The second-order valence-corrected chi connectivity index (χ2v) is 5.98. The Morgan fingerprint density at radius 1 is 1.19 bits per heavy atom. The first kappa shape index (κ1) is 20.0. The fraction of sp³-hybridized carbons (Fsp3) is 0.333. The van der Waals surface area contributed by atoms with Crippen LogP contribution >= 0.6 is 0 Å². The van der Waals surface area contributed by atoms with Gasteiger partial charge in [-0.3, -0.25) is 9.59 Å². The van der Waals surface area contributed by atoms with Crippen LogP contribution in [0.4, 0.5) is 0 Å². The summed E-state index contributed by atoms with van der Waals surface area (Å²) < 4.78 is 10.5. The summed E-state index contributed by atoms with van der Waals surface area (Å²) in [6.45, 7) is 2.99. The van der Waals surface area contributed by atoms with Crippen molar-refractivity contribution >= 4 is 28.8 Å². The second-order valence-electron chi connectivity index (χ2n) is 5.98. The first-order valence-electron chi connectivity index (χ1n) is 8.10. The van der Waals surface area contributed by atoms with Gasteiger partial charge in [0.15, 0.2) is 6.61 Å². The largest absolute Gasteiger partial charge is 0.484 e. The third-order valence-electron chi connectivity index (χ3n) is 4.08. The van der Waals surface area contributed by atoms with E-state index < -0.39 is 36.1 Å². The molecule has 0 saturated heterocycles. The third-order valence-corrected chi connectivity index (χ3v) is 4.08. The Kier molecular flexibility index (Phi) is 6.17. The van der Waals surface area contributed by atoms with Gasteiger partial charge in [-0.15, -0.1) is 0 Å². The van der Waals surface area contributed by atoms with E-state index in [9.17, 15) is 19.2 Å². The molecule has 9 heteroatoms. The molecule has 3 N–H and O–H groups in total. The molecule has 0 saturated carbocycles. The van der Waals surface area contributed by atoms with Gasteiger partial charge in [0, 0.05) is 23.4 Å². The first-order chi connectivity index (χ1) is 12.7. The maximum absolute atomic E-state index is 11.9. The molecule has 0 fully saturated rings. The summed E-state index contributed by atoms with van der Waals surface area (Å²) >= 11 is 0. The predicted molar refractivity (Wildman–Crippen MR) is 93.9 cm³/mol. The number of aliphatic carboxylic acids is 2. The highest BCUT2D eigenvalue weighted by Gasteiger charge is 2.21. The zero-order chi connectivity index (χ0) is 20.1. The Morgan fingerprint density at radius 3 is 2.52 bits per heavy atom. The molecule has 0 aliphatic heterocycles. The number of fused-ring (bicyclic) bond motifs is 1. The highest BCUT2D eigenvalue weighted by molar-refractivity contribution is 5.85. The highest BCUT2D eigenvalue weighted by atomic mass is 16.5. The van der Waals surface area contributed by atoms with Gasteiger partial charge in [0.05, 0.1) is 0 Å². The molecule has 0 aliphatic carbocycles. The summed E-state index contributed by atoms with van der Waals surface area (Å²) in [5.74, 6) is -2.94. The van der Waals surface area contributed by atoms with Crippen molar-refractivity contribution in [2.24, 2.45) is 0 Å².